The predicted octanol–water partition coefficient (Wildman–Crippen LogP) is 0.830. The van der Waals surface area contributed by atoms with Crippen LogP contribution in [0, 0.1) is 0 Å². The number of hydrogen-bond donors (Lipinski definition) is 3. The molecule has 0 saturated carbocycles. The summed E-state index contributed by atoms with van der Waals surface area (Å²) in [6.45, 7) is 4.39. The lowest BCUT2D eigenvalue weighted by Gasteiger charge is -2.04. The van der Waals surface area contributed by atoms with Gasteiger partial charge in [-0.2, -0.15) is 5.10 Å². The molecule has 0 bridgehead atoms. The van der Waals surface area contributed by atoms with Crippen LogP contribution in [-0.4, -0.2) is 30.0 Å². The zero-order valence-electron chi connectivity index (χ0n) is 7.84. The van der Waals surface area contributed by atoms with Crippen LogP contribution in [0.1, 0.15) is 13.3 Å². The number of nitrogens with zero attached hydrogens (tertiary/aromatic N) is 1. The maximum atomic E-state index is 5.57. The van der Waals surface area contributed by atoms with E-state index in [1.807, 2.05) is 6.92 Å². The molecule has 0 spiro atoms. The molecular formula is C8H16N4O. The van der Waals surface area contributed by atoms with Gasteiger partial charge >= 0.3 is 0 Å². The molecule has 5 nitrogen and oxygen atoms in total. The highest BCUT2D eigenvalue weighted by atomic mass is 16.5. The van der Waals surface area contributed by atoms with Crippen molar-refractivity contribution in [2.24, 2.45) is 0 Å². The van der Waals surface area contributed by atoms with Crippen molar-refractivity contribution in [1.82, 2.24) is 10.2 Å². The van der Waals surface area contributed by atoms with Gasteiger partial charge in [-0.1, -0.05) is 0 Å². The fraction of sp³-hybridized carbons (Fsp3) is 0.625. The fourth-order valence-electron chi connectivity index (χ4n) is 0.979. The van der Waals surface area contributed by atoms with Crippen LogP contribution in [0.3, 0.4) is 0 Å². The molecule has 0 aliphatic rings. The molecule has 1 aromatic rings. The molecule has 0 fully saturated rings. The van der Waals surface area contributed by atoms with Crippen LogP contribution in [0.25, 0.3) is 0 Å². The van der Waals surface area contributed by atoms with E-state index in [0.717, 1.165) is 31.9 Å². The average Bonchev–Trinajstić information content (AvgIpc) is 2.52. The van der Waals surface area contributed by atoms with E-state index in [1.54, 1.807) is 6.20 Å². The zero-order valence-corrected chi connectivity index (χ0v) is 7.84. The van der Waals surface area contributed by atoms with Crippen LogP contribution >= 0.6 is 0 Å². The van der Waals surface area contributed by atoms with Gasteiger partial charge in [-0.25, -0.2) is 0 Å². The second-order valence-corrected chi connectivity index (χ2v) is 2.67. The number of hydrogen-bond acceptors (Lipinski definition) is 4. The van der Waals surface area contributed by atoms with E-state index >= 15 is 0 Å². The van der Waals surface area contributed by atoms with Gasteiger partial charge in [-0.05, 0) is 13.3 Å². The Morgan fingerprint density at radius 3 is 3.15 bits per heavy atom. The molecule has 4 N–H and O–H groups in total. The topological polar surface area (TPSA) is 76.0 Å². The maximum absolute atomic E-state index is 5.57. The molecule has 0 aromatic carbocycles. The van der Waals surface area contributed by atoms with E-state index in [0.29, 0.717) is 5.82 Å². The number of ether oxygens (including phenoxy) is 1. The number of nitrogens with two attached hydrogens (primary N) is 1. The lowest BCUT2D eigenvalue weighted by atomic mass is 10.4. The fourth-order valence-corrected chi connectivity index (χ4v) is 0.979. The molecule has 0 atom stereocenters. The van der Waals surface area contributed by atoms with Crippen molar-refractivity contribution in [2.45, 2.75) is 13.3 Å². The molecule has 1 heterocycles. The number of H-pyrrole nitrogens is 1. The normalized spacial score (nSPS) is 10.2. The summed E-state index contributed by atoms with van der Waals surface area (Å²) in [6, 6.07) is 0. The standard InChI is InChI=1S/C8H16N4O/c1-2-13-5-3-4-10-7-6-11-12-8(7)9/h6,10H,2-5H2,1H3,(H3,9,11,12). The first-order chi connectivity index (χ1) is 6.34. The van der Waals surface area contributed by atoms with Gasteiger partial charge in [0, 0.05) is 19.8 Å². The lowest BCUT2D eigenvalue weighted by Crippen LogP contribution is -2.06. The van der Waals surface area contributed by atoms with Crippen molar-refractivity contribution in [3.63, 3.8) is 0 Å². The minimum Gasteiger partial charge on any atom is -0.382 e. The summed E-state index contributed by atoms with van der Waals surface area (Å²) in [5.41, 5.74) is 6.43. The molecule has 1 rings (SSSR count). The van der Waals surface area contributed by atoms with Gasteiger partial charge in [0.2, 0.25) is 0 Å². The lowest BCUT2D eigenvalue weighted by molar-refractivity contribution is 0.147. The van der Waals surface area contributed by atoms with Gasteiger partial charge in [0.1, 0.15) is 5.82 Å². The minimum absolute atomic E-state index is 0.580. The second kappa shape index (κ2) is 5.42. The molecule has 1 aromatic heterocycles. The maximum Gasteiger partial charge on any atom is 0.142 e. The Hall–Kier alpha value is -1.23. The van der Waals surface area contributed by atoms with Crippen molar-refractivity contribution in [3.05, 3.63) is 6.20 Å². The summed E-state index contributed by atoms with van der Waals surface area (Å²) in [5, 5.41) is 9.60. The Kier molecular flexibility index (Phi) is 4.11. The Bertz CT molecular complexity index is 236. The largest absolute Gasteiger partial charge is 0.382 e. The molecule has 0 saturated heterocycles. The molecule has 74 valence electrons. The van der Waals surface area contributed by atoms with Gasteiger partial charge in [0.25, 0.3) is 0 Å². The van der Waals surface area contributed by atoms with Crippen LogP contribution in [0.4, 0.5) is 11.5 Å². The number of nitrogens with one attached hydrogen (secondary N) is 2. The van der Waals surface area contributed by atoms with Crippen molar-refractivity contribution < 1.29 is 4.74 Å². The first-order valence-corrected chi connectivity index (χ1v) is 4.45. The first-order valence-electron chi connectivity index (χ1n) is 4.45. The van der Waals surface area contributed by atoms with Gasteiger partial charge in [0.15, 0.2) is 0 Å². The van der Waals surface area contributed by atoms with Gasteiger partial charge in [-0.15, -0.1) is 0 Å². The van der Waals surface area contributed by atoms with Crippen LogP contribution in [0.2, 0.25) is 0 Å². The Morgan fingerprint density at radius 2 is 2.54 bits per heavy atom. The molecular weight excluding hydrogens is 168 g/mol. The Morgan fingerprint density at radius 1 is 1.69 bits per heavy atom. The SMILES string of the molecule is CCOCCCNc1cn[nH]c1N. The molecule has 5 heteroatoms. The van der Waals surface area contributed by atoms with Crippen molar-refractivity contribution in [1.29, 1.82) is 0 Å². The zero-order chi connectivity index (χ0) is 9.52. The monoisotopic (exact) mass is 184 g/mol. The second-order valence-electron chi connectivity index (χ2n) is 2.67. The van der Waals surface area contributed by atoms with Crippen LogP contribution in [0.15, 0.2) is 6.20 Å². The van der Waals surface area contributed by atoms with Gasteiger partial charge < -0.3 is 15.8 Å². The smallest absolute Gasteiger partial charge is 0.142 e. The Labute approximate surface area is 77.7 Å². The average molecular weight is 184 g/mol. The van der Waals surface area contributed by atoms with E-state index in [9.17, 15) is 0 Å². The summed E-state index contributed by atoms with van der Waals surface area (Å²) < 4.78 is 5.19. The third kappa shape index (κ3) is 3.33. The molecule has 0 amide bonds. The molecule has 0 radical (unpaired) electrons. The number of anilines is 2. The van der Waals surface area contributed by atoms with Gasteiger partial charge in [0.05, 0.1) is 11.9 Å². The van der Waals surface area contributed by atoms with E-state index in [2.05, 4.69) is 15.5 Å². The quantitative estimate of drug-likeness (QED) is 0.572. The molecule has 0 unspecified atom stereocenters. The summed E-state index contributed by atoms with van der Waals surface area (Å²) in [5.74, 6) is 0.580. The third-order valence-electron chi connectivity index (χ3n) is 1.65. The minimum atomic E-state index is 0.580. The number of aromatic amines is 1. The Balaban J connectivity index is 2.10. The highest BCUT2D eigenvalue weighted by molar-refractivity contribution is 5.59. The van der Waals surface area contributed by atoms with E-state index in [1.165, 1.54) is 0 Å². The highest BCUT2D eigenvalue weighted by Crippen LogP contribution is 2.12. The number of rotatable bonds is 6. The first kappa shape index (κ1) is 9.85. The van der Waals surface area contributed by atoms with Crippen molar-refractivity contribution >= 4 is 11.5 Å². The summed E-state index contributed by atoms with van der Waals surface area (Å²) in [6.07, 6.45) is 2.65. The summed E-state index contributed by atoms with van der Waals surface area (Å²) >= 11 is 0. The highest BCUT2D eigenvalue weighted by Gasteiger charge is 1.98. The predicted molar refractivity (Wildman–Crippen MR) is 52.6 cm³/mol. The number of aromatic nitrogens is 2. The third-order valence-corrected chi connectivity index (χ3v) is 1.65. The summed E-state index contributed by atoms with van der Waals surface area (Å²) in [4.78, 5) is 0. The van der Waals surface area contributed by atoms with Gasteiger partial charge in [-0.3, -0.25) is 5.10 Å². The van der Waals surface area contributed by atoms with Crippen LogP contribution in [-0.2, 0) is 4.74 Å². The van der Waals surface area contributed by atoms with Crippen molar-refractivity contribution in [2.75, 3.05) is 30.8 Å². The molecule has 0 aliphatic heterocycles. The van der Waals surface area contributed by atoms with E-state index in [-0.39, 0.29) is 0 Å². The van der Waals surface area contributed by atoms with E-state index < -0.39 is 0 Å². The summed E-state index contributed by atoms with van der Waals surface area (Å²) in [7, 11) is 0. The molecule has 13 heavy (non-hydrogen) atoms. The molecule has 0 aliphatic carbocycles. The van der Waals surface area contributed by atoms with Crippen LogP contribution in [0.5, 0.6) is 0 Å². The number of nitrogen functional groups attached to an aromatic ring is 1. The van der Waals surface area contributed by atoms with E-state index in [4.69, 9.17) is 10.5 Å². The van der Waals surface area contributed by atoms with Crippen molar-refractivity contribution in [3.8, 4) is 0 Å². The van der Waals surface area contributed by atoms with Crippen LogP contribution < -0.4 is 11.1 Å².